The van der Waals surface area contributed by atoms with Crippen molar-refractivity contribution in [3.05, 3.63) is 29.3 Å². The third-order valence-electron chi connectivity index (χ3n) is 4.71. The van der Waals surface area contributed by atoms with E-state index in [0.717, 1.165) is 45.0 Å². The minimum Gasteiger partial charge on any atom is -0.379 e. The number of morpholine rings is 1. The molecule has 1 aromatic rings. The molecule has 3 rings (SSSR count). The molecule has 2 aliphatic heterocycles. The highest BCUT2D eigenvalue weighted by molar-refractivity contribution is 6.30. The van der Waals surface area contributed by atoms with E-state index in [1.807, 2.05) is 12.1 Å². The molecule has 1 atom stereocenters. The maximum Gasteiger partial charge on any atom is 0.239 e. The lowest BCUT2D eigenvalue weighted by Gasteiger charge is -2.26. The monoisotopic (exact) mass is 365 g/mol. The summed E-state index contributed by atoms with van der Waals surface area (Å²) in [7, 11) is 0. The van der Waals surface area contributed by atoms with Gasteiger partial charge < -0.3 is 15.0 Å². The van der Waals surface area contributed by atoms with E-state index in [0.29, 0.717) is 24.5 Å². The van der Waals surface area contributed by atoms with Gasteiger partial charge in [-0.05, 0) is 43.7 Å². The molecule has 0 aliphatic carbocycles. The molecule has 0 bridgehead atoms. The van der Waals surface area contributed by atoms with E-state index in [1.165, 1.54) is 0 Å². The van der Waals surface area contributed by atoms with E-state index in [9.17, 15) is 9.59 Å². The van der Waals surface area contributed by atoms with Crippen molar-refractivity contribution in [3.63, 3.8) is 0 Å². The van der Waals surface area contributed by atoms with Crippen LogP contribution >= 0.6 is 11.6 Å². The zero-order chi connectivity index (χ0) is 17.6. The summed E-state index contributed by atoms with van der Waals surface area (Å²) in [5, 5.41) is 3.54. The molecule has 0 spiro atoms. The van der Waals surface area contributed by atoms with Crippen LogP contribution in [0.2, 0.25) is 5.02 Å². The Kier molecular flexibility index (Phi) is 6.29. The van der Waals surface area contributed by atoms with Gasteiger partial charge in [-0.2, -0.15) is 0 Å². The summed E-state index contributed by atoms with van der Waals surface area (Å²) in [5.41, 5.74) is 0.789. The Bertz CT molecular complexity index is 602. The van der Waals surface area contributed by atoms with Crippen molar-refractivity contribution in [1.82, 2.24) is 10.2 Å². The Labute approximate surface area is 153 Å². The van der Waals surface area contributed by atoms with Crippen LogP contribution in [0.1, 0.15) is 12.8 Å². The van der Waals surface area contributed by atoms with Crippen LogP contribution < -0.4 is 10.2 Å². The molecule has 2 fully saturated rings. The van der Waals surface area contributed by atoms with Gasteiger partial charge in [0.05, 0.1) is 13.2 Å². The van der Waals surface area contributed by atoms with Crippen LogP contribution in [0.4, 0.5) is 5.69 Å². The van der Waals surface area contributed by atoms with Crippen LogP contribution in [-0.2, 0) is 14.3 Å². The maximum absolute atomic E-state index is 12.5. The predicted molar refractivity (Wildman–Crippen MR) is 96.8 cm³/mol. The van der Waals surface area contributed by atoms with E-state index in [4.69, 9.17) is 16.3 Å². The molecule has 25 heavy (non-hydrogen) atoms. The van der Waals surface area contributed by atoms with Crippen LogP contribution in [0.15, 0.2) is 24.3 Å². The SMILES string of the molecule is O=C(NCCCN1CCOCC1)[C@H]1CCN(c2ccc(Cl)cc2)C1=O. The molecule has 2 heterocycles. The Hall–Kier alpha value is -1.63. The number of nitrogens with one attached hydrogen (secondary N) is 1. The minimum absolute atomic E-state index is 0.131. The molecule has 2 aliphatic rings. The van der Waals surface area contributed by atoms with Crippen molar-refractivity contribution in [2.45, 2.75) is 12.8 Å². The van der Waals surface area contributed by atoms with Gasteiger partial charge in [-0.25, -0.2) is 0 Å². The summed E-state index contributed by atoms with van der Waals surface area (Å²) in [6.07, 6.45) is 1.43. The Morgan fingerprint density at radius 1 is 1.20 bits per heavy atom. The first kappa shape index (κ1) is 18.2. The highest BCUT2D eigenvalue weighted by atomic mass is 35.5. The van der Waals surface area contributed by atoms with Crippen LogP contribution in [0, 0.1) is 5.92 Å². The molecule has 2 amide bonds. The molecular weight excluding hydrogens is 342 g/mol. The van der Waals surface area contributed by atoms with Gasteiger partial charge in [-0.15, -0.1) is 0 Å². The van der Waals surface area contributed by atoms with Crippen molar-refractivity contribution in [2.75, 3.05) is 50.8 Å². The smallest absolute Gasteiger partial charge is 0.239 e. The average Bonchev–Trinajstić information content (AvgIpc) is 3.02. The molecule has 0 aromatic heterocycles. The largest absolute Gasteiger partial charge is 0.379 e. The number of hydrogen-bond acceptors (Lipinski definition) is 4. The third-order valence-corrected chi connectivity index (χ3v) is 4.97. The fourth-order valence-corrected chi connectivity index (χ4v) is 3.39. The molecule has 0 saturated carbocycles. The molecule has 2 saturated heterocycles. The molecule has 1 N–H and O–H groups in total. The number of benzene rings is 1. The van der Waals surface area contributed by atoms with Crippen molar-refractivity contribution in [2.24, 2.45) is 5.92 Å². The van der Waals surface area contributed by atoms with Crippen LogP contribution in [0.25, 0.3) is 0 Å². The van der Waals surface area contributed by atoms with E-state index in [1.54, 1.807) is 17.0 Å². The van der Waals surface area contributed by atoms with Gasteiger partial charge in [0, 0.05) is 36.9 Å². The summed E-state index contributed by atoms with van der Waals surface area (Å²) in [6, 6.07) is 7.12. The van der Waals surface area contributed by atoms with Crippen molar-refractivity contribution >= 4 is 29.1 Å². The van der Waals surface area contributed by atoms with Crippen LogP contribution in [0.3, 0.4) is 0 Å². The van der Waals surface area contributed by atoms with Gasteiger partial charge in [-0.1, -0.05) is 11.6 Å². The minimum atomic E-state index is -0.584. The van der Waals surface area contributed by atoms with Crippen molar-refractivity contribution in [3.8, 4) is 0 Å². The van der Waals surface area contributed by atoms with Gasteiger partial charge in [0.2, 0.25) is 11.8 Å². The highest BCUT2D eigenvalue weighted by Crippen LogP contribution is 2.26. The molecule has 1 aromatic carbocycles. The standard InChI is InChI=1S/C18H24ClN3O3/c19-14-2-4-15(5-3-14)22-9-6-16(18(22)24)17(23)20-7-1-8-21-10-12-25-13-11-21/h2-5,16H,1,6-13H2,(H,20,23)/t16-/m1/s1. The van der Waals surface area contributed by atoms with E-state index in [-0.39, 0.29) is 11.8 Å². The van der Waals surface area contributed by atoms with Gasteiger partial charge in [0.1, 0.15) is 5.92 Å². The molecule has 0 unspecified atom stereocenters. The number of halogens is 1. The number of nitrogens with zero attached hydrogens (tertiary/aromatic N) is 2. The van der Waals surface area contributed by atoms with Crippen LogP contribution in [0.5, 0.6) is 0 Å². The van der Waals surface area contributed by atoms with Gasteiger partial charge >= 0.3 is 0 Å². The van der Waals surface area contributed by atoms with E-state index >= 15 is 0 Å². The number of amides is 2. The summed E-state index contributed by atoms with van der Waals surface area (Å²) in [6.45, 7) is 5.57. The number of carbonyl (C=O) groups is 2. The number of ether oxygens (including phenoxy) is 1. The molecule has 136 valence electrons. The topological polar surface area (TPSA) is 61.9 Å². The molecule has 7 heteroatoms. The highest BCUT2D eigenvalue weighted by Gasteiger charge is 2.37. The predicted octanol–water partition coefficient (Wildman–Crippen LogP) is 1.53. The second-order valence-corrected chi connectivity index (χ2v) is 6.84. The van der Waals surface area contributed by atoms with Crippen molar-refractivity contribution in [1.29, 1.82) is 0 Å². The number of rotatable bonds is 6. The second kappa shape index (κ2) is 8.65. The fourth-order valence-electron chi connectivity index (χ4n) is 3.26. The fraction of sp³-hybridized carbons (Fsp3) is 0.556. The van der Waals surface area contributed by atoms with Crippen LogP contribution in [-0.4, -0.2) is 62.7 Å². The molecule has 0 radical (unpaired) electrons. The van der Waals surface area contributed by atoms with Gasteiger partial charge in [0.15, 0.2) is 0 Å². The number of carbonyl (C=O) groups excluding carboxylic acids is 2. The molecule has 6 nitrogen and oxygen atoms in total. The van der Waals surface area contributed by atoms with Gasteiger partial charge in [0.25, 0.3) is 0 Å². The second-order valence-electron chi connectivity index (χ2n) is 6.41. The van der Waals surface area contributed by atoms with Gasteiger partial charge in [-0.3, -0.25) is 14.5 Å². The zero-order valence-corrected chi connectivity index (χ0v) is 15.0. The Morgan fingerprint density at radius 3 is 2.64 bits per heavy atom. The number of anilines is 1. The lowest BCUT2D eigenvalue weighted by Crippen LogP contribution is -2.40. The Balaban J connectivity index is 1.43. The number of hydrogen-bond donors (Lipinski definition) is 1. The lowest BCUT2D eigenvalue weighted by atomic mass is 10.1. The molecular formula is C18H24ClN3O3. The quantitative estimate of drug-likeness (QED) is 0.613. The first-order chi connectivity index (χ1) is 12.1. The van der Waals surface area contributed by atoms with E-state index < -0.39 is 5.92 Å². The summed E-state index contributed by atoms with van der Waals surface area (Å²) < 4.78 is 5.32. The third kappa shape index (κ3) is 4.71. The zero-order valence-electron chi connectivity index (χ0n) is 14.2. The summed E-state index contributed by atoms with van der Waals surface area (Å²) in [5.74, 6) is -0.879. The normalized spacial score (nSPS) is 21.6. The first-order valence-corrected chi connectivity index (χ1v) is 9.18. The van der Waals surface area contributed by atoms with E-state index in [2.05, 4.69) is 10.2 Å². The summed E-state index contributed by atoms with van der Waals surface area (Å²) in [4.78, 5) is 28.8. The maximum atomic E-state index is 12.5. The van der Waals surface area contributed by atoms with Crippen molar-refractivity contribution < 1.29 is 14.3 Å². The summed E-state index contributed by atoms with van der Waals surface area (Å²) >= 11 is 5.88. The first-order valence-electron chi connectivity index (χ1n) is 8.80. The lowest BCUT2D eigenvalue weighted by molar-refractivity contribution is -0.132. The Morgan fingerprint density at radius 2 is 1.92 bits per heavy atom. The average molecular weight is 366 g/mol.